The normalized spacial score (nSPS) is 19.7. The highest BCUT2D eigenvalue weighted by Gasteiger charge is 2.24. The zero-order valence-electron chi connectivity index (χ0n) is 9.07. The van der Waals surface area contributed by atoms with Gasteiger partial charge >= 0.3 is 0 Å². The van der Waals surface area contributed by atoms with Crippen molar-refractivity contribution in [3.63, 3.8) is 0 Å². The second-order valence-corrected chi connectivity index (χ2v) is 4.06. The Morgan fingerprint density at radius 1 is 1.73 bits per heavy atom. The average molecular weight is 207 g/mol. The Kier molecular flexibility index (Phi) is 3.04. The van der Waals surface area contributed by atoms with Crippen LogP contribution in [0, 0.1) is 5.92 Å². The highest BCUT2D eigenvalue weighted by molar-refractivity contribution is 5.78. The van der Waals surface area contributed by atoms with Crippen molar-refractivity contribution in [1.29, 1.82) is 0 Å². The maximum absolute atomic E-state index is 11.7. The molecule has 1 aliphatic heterocycles. The Hall–Kier alpha value is -1.32. The number of rotatable bonds is 3. The molecule has 4 heteroatoms. The Bertz CT molecular complexity index is 345. The van der Waals surface area contributed by atoms with Crippen molar-refractivity contribution in [3.05, 3.63) is 18.2 Å². The van der Waals surface area contributed by atoms with Crippen molar-refractivity contribution < 1.29 is 4.79 Å². The molecule has 2 heterocycles. The van der Waals surface area contributed by atoms with Crippen molar-refractivity contribution in [2.45, 2.75) is 32.7 Å². The molecule has 1 unspecified atom stereocenters. The van der Waals surface area contributed by atoms with Gasteiger partial charge < -0.3 is 9.88 Å². The molecule has 1 aromatic heterocycles. The number of hydrogen-bond donors (Lipinski definition) is 1. The summed E-state index contributed by atoms with van der Waals surface area (Å²) in [4.78, 5) is 15.8. The van der Waals surface area contributed by atoms with Crippen LogP contribution in [0.3, 0.4) is 0 Å². The van der Waals surface area contributed by atoms with Crippen LogP contribution in [-0.2, 0) is 17.8 Å². The van der Waals surface area contributed by atoms with E-state index in [4.69, 9.17) is 0 Å². The van der Waals surface area contributed by atoms with Gasteiger partial charge in [-0.15, -0.1) is 0 Å². The number of carbonyl (C=O) groups is 1. The summed E-state index contributed by atoms with van der Waals surface area (Å²) >= 11 is 0. The van der Waals surface area contributed by atoms with Crippen LogP contribution in [0.4, 0.5) is 0 Å². The van der Waals surface area contributed by atoms with Gasteiger partial charge in [0.2, 0.25) is 5.91 Å². The van der Waals surface area contributed by atoms with Crippen molar-refractivity contribution in [2.24, 2.45) is 5.92 Å². The molecule has 1 atom stereocenters. The number of nitrogens with zero attached hydrogens (tertiary/aromatic N) is 2. The van der Waals surface area contributed by atoms with Crippen LogP contribution in [0.2, 0.25) is 0 Å². The van der Waals surface area contributed by atoms with Gasteiger partial charge in [-0.1, -0.05) is 6.92 Å². The molecule has 0 saturated heterocycles. The standard InChI is InChI=1S/C11H17N3O/c1-2-4-13-11(15)9-3-5-14-8-12-7-10(14)6-9/h7-9H,2-6H2,1H3,(H,13,15). The molecule has 1 aromatic rings. The molecule has 0 radical (unpaired) electrons. The van der Waals surface area contributed by atoms with Gasteiger partial charge in [0, 0.05) is 37.3 Å². The van der Waals surface area contributed by atoms with Gasteiger partial charge in [0.25, 0.3) is 0 Å². The van der Waals surface area contributed by atoms with Gasteiger partial charge in [-0.25, -0.2) is 4.98 Å². The van der Waals surface area contributed by atoms with Crippen molar-refractivity contribution >= 4 is 5.91 Å². The summed E-state index contributed by atoms with van der Waals surface area (Å²) < 4.78 is 2.13. The first-order chi connectivity index (χ1) is 7.31. The first kappa shape index (κ1) is 10.2. The van der Waals surface area contributed by atoms with Gasteiger partial charge in [0.1, 0.15) is 0 Å². The lowest BCUT2D eigenvalue weighted by Crippen LogP contribution is -2.35. The zero-order chi connectivity index (χ0) is 10.7. The summed E-state index contributed by atoms with van der Waals surface area (Å²) in [6.07, 6.45) is 6.46. The van der Waals surface area contributed by atoms with Crippen molar-refractivity contribution in [1.82, 2.24) is 14.9 Å². The number of hydrogen-bond acceptors (Lipinski definition) is 2. The van der Waals surface area contributed by atoms with E-state index in [0.29, 0.717) is 0 Å². The molecule has 1 N–H and O–H groups in total. The first-order valence-corrected chi connectivity index (χ1v) is 5.58. The van der Waals surface area contributed by atoms with Crippen LogP contribution < -0.4 is 5.32 Å². The first-order valence-electron chi connectivity index (χ1n) is 5.58. The van der Waals surface area contributed by atoms with Gasteiger partial charge in [-0.05, 0) is 12.8 Å². The molecule has 1 amide bonds. The summed E-state index contributed by atoms with van der Waals surface area (Å²) in [6.45, 7) is 3.77. The molecule has 0 saturated carbocycles. The van der Waals surface area contributed by atoms with E-state index in [1.54, 1.807) is 0 Å². The van der Waals surface area contributed by atoms with Gasteiger partial charge in [0.05, 0.1) is 6.33 Å². The third-order valence-electron chi connectivity index (χ3n) is 2.89. The summed E-state index contributed by atoms with van der Waals surface area (Å²) in [7, 11) is 0. The van der Waals surface area contributed by atoms with Crippen molar-refractivity contribution in [2.75, 3.05) is 6.54 Å². The van der Waals surface area contributed by atoms with E-state index in [1.807, 2.05) is 12.5 Å². The lowest BCUT2D eigenvalue weighted by Gasteiger charge is -2.22. The van der Waals surface area contributed by atoms with E-state index in [-0.39, 0.29) is 11.8 Å². The number of amides is 1. The Morgan fingerprint density at radius 3 is 3.40 bits per heavy atom. The van der Waals surface area contributed by atoms with Gasteiger partial charge in [-0.3, -0.25) is 4.79 Å². The van der Waals surface area contributed by atoms with E-state index in [1.165, 1.54) is 5.69 Å². The molecular weight excluding hydrogens is 190 g/mol. The maximum atomic E-state index is 11.7. The molecule has 0 aromatic carbocycles. The molecule has 1 aliphatic rings. The third kappa shape index (κ3) is 2.19. The smallest absolute Gasteiger partial charge is 0.223 e. The lowest BCUT2D eigenvalue weighted by molar-refractivity contribution is -0.125. The number of nitrogens with one attached hydrogen (secondary N) is 1. The Balaban J connectivity index is 1.94. The number of fused-ring (bicyclic) bond motifs is 1. The van der Waals surface area contributed by atoms with Crippen LogP contribution in [0.15, 0.2) is 12.5 Å². The monoisotopic (exact) mass is 207 g/mol. The second-order valence-electron chi connectivity index (χ2n) is 4.06. The van der Waals surface area contributed by atoms with Crippen LogP contribution in [0.1, 0.15) is 25.5 Å². The molecule has 2 rings (SSSR count). The summed E-state index contributed by atoms with van der Waals surface area (Å²) in [6, 6.07) is 0. The van der Waals surface area contributed by atoms with Crippen LogP contribution in [0.25, 0.3) is 0 Å². The Labute approximate surface area is 89.7 Å². The molecule has 0 bridgehead atoms. The molecule has 15 heavy (non-hydrogen) atoms. The van der Waals surface area contributed by atoms with E-state index in [9.17, 15) is 4.79 Å². The Morgan fingerprint density at radius 2 is 2.60 bits per heavy atom. The minimum Gasteiger partial charge on any atom is -0.356 e. The molecule has 0 fully saturated rings. The number of carbonyl (C=O) groups excluding carboxylic acids is 1. The van der Waals surface area contributed by atoms with E-state index >= 15 is 0 Å². The van der Waals surface area contributed by atoms with E-state index < -0.39 is 0 Å². The van der Waals surface area contributed by atoms with Crippen LogP contribution >= 0.6 is 0 Å². The fourth-order valence-corrected chi connectivity index (χ4v) is 1.99. The van der Waals surface area contributed by atoms with Gasteiger partial charge in [-0.2, -0.15) is 0 Å². The summed E-state index contributed by atoms with van der Waals surface area (Å²) in [5, 5.41) is 2.96. The summed E-state index contributed by atoms with van der Waals surface area (Å²) in [5.74, 6) is 0.338. The molecule has 0 aliphatic carbocycles. The predicted molar refractivity (Wildman–Crippen MR) is 57.3 cm³/mol. The quantitative estimate of drug-likeness (QED) is 0.803. The highest BCUT2D eigenvalue weighted by atomic mass is 16.1. The van der Waals surface area contributed by atoms with Crippen LogP contribution in [0.5, 0.6) is 0 Å². The zero-order valence-corrected chi connectivity index (χ0v) is 9.07. The predicted octanol–water partition coefficient (Wildman–Crippen LogP) is 0.972. The number of aryl methyl sites for hydroxylation is 1. The molecule has 82 valence electrons. The maximum Gasteiger partial charge on any atom is 0.223 e. The molecule has 4 nitrogen and oxygen atoms in total. The van der Waals surface area contributed by atoms with Gasteiger partial charge in [0.15, 0.2) is 0 Å². The van der Waals surface area contributed by atoms with E-state index in [2.05, 4.69) is 21.8 Å². The fourth-order valence-electron chi connectivity index (χ4n) is 1.99. The number of aromatic nitrogens is 2. The number of imidazole rings is 1. The summed E-state index contributed by atoms with van der Waals surface area (Å²) in [5.41, 5.74) is 1.18. The second kappa shape index (κ2) is 4.47. The lowest BCUT2D eigenvalue weighted by atomic mass is 9.95. The fraction of sp³-hybridized carbons (Fsp3) is 0.636. The molecule has 0 spiro atoms. The minimum atomic E-state index is 0.140. The minimum absolute atomic E-state index is 0.140. The highest BCUT2D eigenvalue weighted by Crippen LogP contribution is 2.19. The topological polar surface area (TPSA) is 46.9 Å². The third-order valence-corrected chi connectivity index (χ3v) is 2.89. The average Bonchev–Trinajstić information content (AvgIpc) is 2.72. The van der Waals surface area contributed by atoms with E-state index in [0.717, 1.165) is 32.4 Å². The molecular formula is C11H17N3O. The largest absolute Gasteiger partial charge is 0.356 e. The van der Waals surface area contributed by atoms with Crippen molar-refractivity contribution in [3.8, 4) is 0 Å². The SMILES string of the molecule is CCCNC(=O)C1CCn2cncc2C1. The van der Waals surface area contributed by atoms with Crippen LogP contribution in [-0.4, -0.2) is 22.0 Å².